The van der Waals surface area contributed by atoms with E-state index in [2.05, 4.69) is 23.4 Å². The number of nitrogens with one attached hydrogen (secondary N) is 1. The predicted octanol–water partition coefficient (Wildman–Crippen LogP) is 3.56. The molecule has 1 aromatic carbocycles. The molecule has 0 amide bonds. The monoisotopic (exact) mass is 249 g/mol. The average Bonchev–Trinajstić information content (AvgIpc) is 2.57. The number of hydrogen-bond acceptors (Lipinski definition) is 2. The van der Waals surface area contributed by atoms with Crippen molar-refractivity contribution in [3.8, 4) is 0 Å². The van der Waals surface area contributed by atoms with Gasteiger partial charge in [-0.05, 0) is 31.5 Å². The van der Waals surface area contributed by atoms with Crippen LogP contribution in [0.15, 0.2) is 30.5 Å². The van der Waals surface area contributed by atoms with E-state index in [1.807, 2.05) is 43.0 Å². The maximum absolute atomic E-state index is 5.98. The van der Waals surface area contributed by atoms with E-state index in [0.717, 1.165) is 16.4 Å². The maximum atomic E-state index is 5.98. The number of rotatable bonds is 3. The summed E-state index contributed by atoms with van der Waals surface area (Å²) in [6, 6.07) is 8.09. The Morgan fingerprint density at radius 2 is 2.18 bits per heavy atom. The predicted molar refractivity (Wildman–Crippen MR) is 71.4 cm³/mol. The fourth-order valence-electron chi connectivity index (χ4n) is 1.83. The highest BCUT2D eigenvalue weighted by molar-refractivity contribution is 6.30. The minimum absolute atomic E-state index is 0.205. The van der Waals surface area contributed by atoms with Gasteiger partial charge in [-0.15, -0.1) is 0 Å². The Bertz CT molecular complexity index is 519. The molecular weight excluding hydrogens is 234 g/mol. The molecule has 2 aromatic rings. The van der Waals surface area contributed by atoms with Gasteiger partial charge in [0, 0.05) is 24.3 Å². The lowest BCUT2D eigenvalue weighted by atomic mass is 10.1. The quantitative estimate of drug-likeness (QED) is 0.902. The first-order valence-electron chi connectivity index (χ1n) is 5.58. The fourth-order valence-corrected chi connectivity index (χ4v) is 2.03. The van der Waals surface area contributed by atoms with Crippen LogP contribution >= 0.6 is 11.6 Å². The fraction of sp³-hybridized carbons (Fsp3) is 0.308. The molecule has 1 atom stereocenters. The molecule has 0 spiro atoms. The Balaban J connectivity index is 2.16. The molecule has 0 radical (unpaired) electrons. The van der Waals surface area contributed by atoms with Gasteiger partial charge in [-0.3, -0.25) is 4.68 Å². The van der Waals surface area contributed by atoms with Crippen molar-refractivity contribution < 1.29 is 0 Å². The second kappa shape index (κ2) is 4.80. The number of nitrogens with zero attached hydrogens (tertiary/aromatic N) is 2. The van der Waals surface area contributed by atoms with Gasteiger partial charge in [-0.25, -0.2) is 0 Å². The molecule has 0 aliphatic rings. The van der Waals surface area contributed by atoms with E-state index in [0.29, 0.717) is 0 Å². The van der Waals surface area contributed by atoms with E-state index >= 15 is 0 Å². The maximum Gasteiger partial charge on any atom is 0.0825 e. The largest absolute Gasteiger partial charge is 0.376 e. The molecule has 0 aliphatic carbocycles. The normalized spacial score (nSPS) is 12.5. The molecule has 17 heavy (non-hydrogen) atoms. The Kier molecular flexibility index (Phi) is 3.38. The summed E-state index contributed by atoms with van der Waals surface area (Å²) in [6.07, 6.45) is 1.98. The Hall–Kier alpha value is -1.48. The zero-order valence-corrected chi connectivity index (χ0v) is 11.0. The van der Waals surface area contributed by atoms with Crippen LogP contribution in [0.1, 0.15) is 24.2 Å². The van der Waals surface area contributed by atoms with E-state index < -0.39 is 0 Å². The minimum atomic E-state index is 0.205. The SMILES string of the molecule is Cc1nn(C)cc1NC(C)c1cccc(Cl)c1. The van der Waals surface area contributed by atoms with E-state index in [1.54, 1.807) is 0 Å². The van der Waals surface area contributed by atoms with Crippen LogP contribution in [0.5, 0.6) is 0 Å². The van der Waals surface area contributed by atoms with Gasteiger partial charge in [0.25, 0.3) is 0 Å². The first-order chi connectivity index (χ1) is 8.06. The topological polar surface area (TPSA) is 29.9 Å². The van der Waals surface area contributed by atoms with Gasteiger partial charge in [-0.1, -0.05) is 23.7 Å². The second-order valence-electron chi connectivity index (χ2n) is 4.22. The lowest BCUT2D eigenvalue weighted by Crippen LogP contribution is -2.06. The number of aryl methyl sites for hydroxylation is 2. The molecule has 1 unspecified atom stereocenters. The number of anilines is 1. The van der Waals surface area contributed by atoms with Gasteiger partial charge in [0.15, 0.2) is 0 Å². The van der Waals surface area contributed by atoms with Crippen molar-refractivity contribution in [1.82, 2.24) is 9.78 Å². The van der Waals surface area contributed by atoms with Crippen molar-refractivity contribution in [2.75, 3.05) is 5.32 Å². The number of aromatic nitrogens is 2. The van der Waals surface area contributed by atoms with E-state index in [-0.39, 0.29) is 6.04 Å². The second-order valence-corrected chi connectivity index (χ2v) is 4.66. The van der Waals surface area contributed by atoms with E-state index in [9.17, 15) is 0 Å². The third kappa shape index (κ3) is 2.80. The van der Waals surface area contributed by atoms with Crippen LogP contribution in [-0.4, -0.2) is 9.78 Å². The Morgan fingerprint density at radius 3 is 2.76 bits per heavy atom. The molecule has 90 valence electrons. The molecule has 0 saturated heterocycles. The van der Waals surface area contributed by atoms with Gasteiger partial charge in [-0.2, -0.15) is 5.10 Å². The van der Waals surface area contributed by atoms with Crippen LogP contribution in [0.25, 0.3) is 0 Å². The lowest BCUT2D eigenvalue weighted by molar-refractivity contribution is 0.756. The van der Waals surface area contributed by atoms with Crippen LogP contribution in [0.2, 0.25) is 5.02 Å². The zero-order valence-electron chi connectivity index (χ0n) is 10.2. The van der Waals surface area contributed by atoms with Crippen molar-refractivity contribution in [2.45, 2.75) is 19.9 Å². The van der Waals surface area contributed by atoms with Crippen LogP contribution in [0, 0.1) is 6.92 Å². The van der Waals surface area contributed by atoms with Gasteiger partial charge in [0.1, 0.15) is 0 Å². The van der Waals surface area contributed by atoms with Crippen molar-refractivity contribution in [2.24, 2.45) is 7.05 Å². The van der Waals surface area contributed by atoms with Crippen molar-refractivity contribution >= 4 is 17.3 Å². The smallest absolute Gasteiger partial charge is 0.0825 e. The van der Waals surface area contributed by atoms with E-state index in [4.69, 9.17) is 11.6 Å². The zero-order chi connectivity index (χ0) is 12.4. The molecule has 0 fully saturated rings. The summed E-state index contributed by atoms with van der Waals surface area (Å²) in [7, 11) is 1.92. The summed E-state index contributed by atoms with van der Waals surface area (Å²) in [5, 5.41) is 8.50. The van der Waals surface area contributed by atoms with Crippen LogP contribution in [0.3, 0.4) is 0 Å². The van der Waals surface area contributed by atoms with Gasteiger partial charge in [0.05, 0.1) is 11.4 Å². The van der Waals surface area contributed by atoms with Gasteiger partial charge < -0.3 is 5.32 Å². The standard InChI is InChI=1S/C13H16ClN3/c1-9(11-5-4-6-12(14)7-11)15-13-8-17(3)16-10(13)2/h4-9,15H,1-3H3. The molecule has 0 aliphatic heterocycles. The van der Waals surface area contributed by atoms with Crippen LogP contribution in [0.4, 0.5) is 5.69 Å². The summed E-state index contributed by atoms with van der Waals surface area (Å²) in [5.74, 6) is 0. The highest BCUT2D eigenvalue weighted by Crippen LogP contribution is 2.23. The third-order valence-corrected chi connectivity index (χ3v) is 2.97. The summed E-state index contributed by atoms with van der Waals surface area (Å²) in [6.45, 7) is 4.10. The minimum Gasteiger partial charge on any atom is -0.376 e. The summed E-state index contributed by atoms with van der Waals surface area (Å²) >= 11 is 5.98. The Labute approximate surface area is 106 Å². The van der Waals surface area contributed by atoms with Crippen LogP contribution < -0.4 is 5.32 Å². The summed E-state index contributed by atoms with van der Waals surface area (Å²) < 4.78 is 1.81. The third-order valence-electron chi connectivity index (χ3n) is 2.73. The molecule has 3 nitrogen and oxygen atoms in total. The number of benzene rings is 1. The summed E-state index contributed by atoms with van der Waals surface area (Å²) in [4.78, 5) is 0. The van der Waals surface area contributed by atoms with Crippen LogP contribution in [-0.2, 0) is 7.05 Å². The molecule has 1 aromatic heterocycles. The summed E-state index contributed by atoms with van der Waals surface area (Å²) in [5.41, 5.74) is 3.22. The molecule has 1 heterocycles. The van der Waals surface area contributed by atoms with Crippen molar-refractivity contribution in [1.29, 1.82) is 0 Å². The number of hydrogen-bond donors (Lipinski definition) is 1. The lowest BCUT2D eigenvalue weighted by Gasteiger charge is -2.15. The average molecular weight is 250 g/mol. The highest BCUT2D eigenvalue weighted by Gasteiger charge is 2.09. The molecule has 2 rings (SSSR count). The number of halogens is 1. The first-order valence-corrected chi connectivity index (χ1v) is 5.96. The molecule has 0 bridgehead atoms. The molecule has 1 N–H and O–H groups in total. The Morgan fingerprint density at radius 1 is 1.41 bits per heavy atom. The van der Waals surface area contributed by atoms with Gasteiger partial charge >= 0.3 is 0 Å². The van der Waals surface area contributed by atoms with E-state index in [1.165, 1.54) is 5.56 Å². The molecular formula is C13H16ClN3. The molecule has 4 heteroatoms. The molecule has 0 saturated carbocycles. The van der Waals surface area contributed by atoms with Gasteiger partial charge in [0.2, 0.25) is 0 Å². The van der Waals surface area contributed by atoms with Crippen molar-refractivity contribution in [3.63, 3.8) is 0 Å². The first kappa shape index (κ1) is 12.0. The highest BCUT2D eigenvalue weighted by atomic mass is 35.5. The van der Waals surface area contributed by atoms with Crippen molar-refractivity contribution in [3.05, 3.63) is 46.7 Å².